The van der Waals surface area contributed by atoms with E-state index in [-0.39, 0.29) is 25.4 Å². The highest BCUT2D eigenvalue weighted by molar-refractivity contribution is 6.04. The molecule has 0 spiro atoms. The second kappa shape index (κ2) is 11.1. The molecule has 0 radical (unpaired) electrons. The van der Waals surface area contributed by atoms with Crippen molar-refractivity contribution in [3.8, 4) is 17.1 Å². The molecule has 0 unspecified atom stereocenters. The number of amides is 1. The number of rotatable bonds is 9. The molecule has 4 rings (SSSR count). The average molecular weight is 474 g/mol. The molecule has 1 N–H and O–H groups in total. The number of methoxy groups -OCH3 is 1. The predicted molar refractivity (Wildman–Crippen MR) is 127 cm³/mol. The minimum absolute atomic E-state index is 0.0690. The van der Waals surface area contributed by atoms with Crippen molar-refractivity contribution in [3.05, 3.63) is 102 Å². The Bertz CT molecular complexity index is 1300. The third-order valence-electron chi connectivity index (χ3n) is 5.20. The summed E-state index contributed by atoms with van der Waals surface area (Å²) in [6, 6.07) is 20.1. The van der Waals surface area contributed by atoms with Crippen molar-refractivity contribution >= 4 is 17.6 Å². The molecule has 35 heavy (non-hydrogen) atoms. The number of esters is 1. The molecule has 8 heteroatoms. The molecule has 0 atom stereocenters. The van der Waals surface area contributed by atoms with E-state index >= 15 is 0 Å². The van der Waals surface area contributed by atoms with Crippen molar-refractivity contribution < 1.29 is 27.9 Å². The average Bonchev–Trinajstić information content (AvgIpc) is 3.36. The van der Waals surface area contributed by atoms with E-state index in [1.54, 1.807) is 73.8 Å². The first-order valence-electron chi connectivity index (χ1n) is 10.9. The molecule has 1 amide bonds. The van der Waals surface area contributed by atoms with Crippen LogP contribution in [0.5, 0.6) is 5.75 Å². The summed E-state index contributed by atoms with van der Waals surface area (Å²) in [7, 11) is 1.58. The summed E-state index contributed by atoms with van der Waals surface area (Å²) in [6.45, 7) is 0.0747. The highest BCUT2D eigenvalue weighted by Crippen LogP contribution is 2.23. The van der Waals surface area contributed by atoms with E-state index in [1.165, 1.54) is 12.3 Å². The number of halogens is 1. The Morgan fingerprint density at radius 3 is 2.46 bits per heavy atom. The lowest BCUT2D eigenvalue weighted by Crippen LogP contribution is -2.12. The van der Waals surface area contributed by atoms with Gasteiger partial charge in [-0.15, -0.1) is 0 Å². The smallest absolute Gasteiger partial charge is 0.306 e. The van der Waals surface area contributed by atoms with Crippen LogP contribution in [-0.4, -0.2) is 24.0 Å². The van der Waals surface area contributed by atoms with Crippen molar-refractivity contribution in [2.45, 2.75) is 19.4 Å². The molecule has 178 valence electrons. The van der Waals surface area contributed by atoms with Crippen molar-refractivity contribution in [1.29, 1.82) is 0 Å². The van der Waals surface area contributed by atoms with Crippen LogP contribution in [0.1, 0.15) is 28.2 Å². The number of anilines is 1. The maximum Gasteiger partial charge on any atom is 0.306 e. The Labute approximate surface area is 201 Å². The summed E-state index contributed by atoms with van der Waals surface area (Å²) in [5, 5.41) is 2.81. The number of nitrogens with zero attached hydrogens (tertiary/aromatic N) is 1. The van der Waals surface area contributed by atoms with Gasteiger partial charge in [-0.3, -0.25) is 9.59 Å². The Balaban J connectivity index is 1.23. The van der Waals surface area contributed by atoms with Crippen molar-refractivity contribution in [2.75, 3.05) is 12.4 Å². The van der Waals surface area contributed by atoms with Crippen LogP contribution in [0.15, 0.2) is 83.4 Å². The van der Waals surface area contributed by atoms with E-state index in [9.17, 15) is 14.0 Å². The minimum Gasteiger partial charge on any atom is -0.497 e. The zero-order valence-corrected chi connectivity index (χ0v) is 19.0. The molecule has 3 aromatic carbocycles. The molecule has 0 aliphatic rings. The Morgan fingerprint density at radius 1 is 1.00 bits per heavy atom. The summed E-state index contributed by atoms with van der Waals surface area (Å²) in [5.41, 5.74) is 2.19. The molecular weight excluding hydrogens is 451 g/mol. The number of aryl methyl sites for hydroxylation is 1. The van der Waals surface area contributed by atoms with E-state index in [1.807, 2.05) is 0 Å². The van der Waals surface area contributed by atoms with Gasteiger partial charge in [-0.1, -0.05) is 24.3 Å². The molecule has 7 nitrogen and oxygen atoms in total. The van der Waals surface area contributed by atoms with Gasteiger partial charge in [0.25, 0.3) is 5.91 Å². The summed E-state index contributed by atoms with van der Waals surface area (Å²) in [5.74, 6) is 0.264. The maximum absolute atomic E-state index is 13.9. The quantitative estimate of drug-likeness (QED) is 0.326. The van der Waals surface area contributed by atoms with Crippen LogP contribution >= 0.6 is 0 Å². The zero-order chi connectivity index (χ0) is 24.6. The van der Waals surface area contributed by atoms with Gasteiger partial charge in [0.15, 0.2) is 11.7 Å². The van der Waals surface area contributed by atoms with Crippen LogP contribution in [0.4, 0.5) is 10.1 Å². The SMILES string of the molecule is COc1ccc(NC(=O)c2ccc(COC(=O)CCc3ncc(-c4ccccc4F)o3)cc2)cc1. The van der Waals surface area contributed by atoms with Gasteiger partial charge in [-0.2, -0.15) is 0 Å². The molecule has 0 saturated carbocycles. The Morgan fingerprint density at radius 2 is 1.74 bits per heavy atom. The standard InChI is InChI=1S/C27H23FN2O5/c1-33-21-12-10-20(11-13-21)30-27(32)19-8-6-18(7-9-19)17-34-26(31)15-14-25-29-16-24(35-25)22-4-2-3-5-23(22)28/h2-13,16H,14-15,17H2,1H3,(H,30,32). The van der Waals surface area contributed by atoms with E-state index < -0.39 is 11.8 Å². The third kappa shape index (κ3) is 6.32. The molecule has 0 bridgehead atoms. The first kappa shape index (κ1) is 23.7. The Hall–Kier alpha value is -4.46. The number of oxazole rings is 1. The molecule has 0 aliphatic carbocycles. The van der Waals surface area contributed by atoms with Crippen LogP contribution in [0.2, 0.25) is 0 Å². The molecular formula is C27H23FN2O5. The fraction of sp³-hybridized carbons (Fsp3) is 0.148. The summed E-state index contributed by atoms with van der Waals surface area (Å²) < 4.78 is 29.8. The Kier molecular flexibility index (Phi) is 7.52. The van der Waals surface area contributed by atoms with Crippen molar-refractivity contribution in [1.82, 2.24) is 4.98 Å². The number of hydrogen-bond acceptors (Lipinski definition) is 6. The second-order valence-electron chi connectivity index (χ2n) is 7.64. The number of aromatic nitrogens is 1. The van der Waals surface area contributed by atoms with Gasteiger partial charge >= 0.3 is 5.97 Å². The lowest BCUT2D eigenvalue weighted by Gasteiger charge is -2.08. The second-order valence-corrected chi connectivity index (χ2v) is 7.64. The number of benzene rings is 3. The van der Waals surface area contributed by atoms with Crippen LogP contribution in [0.25, 0.3) is 11.3 Å². The lowest BCUT2D eigenvalue weighted by atomic mass is 10.1. The fourth-order valence-electron chi connectivity index (χ4n) is 3.29. The van der Waals surface area contributed by atoms with Crippen LogP contribution < -0.4 is 10.1 Å². The first-order chi connectivity index (χ1) is 17.0. The van der Waals surface area contributed by atoms with E-state index in [4.69, 9.17) is 13.9 Å². The van der Waals surface area contributed by atoms with Crippen LogP contribution in [0, 0.1) is 5.82 Å². The first-order valence-corrected chi connectivity index (χ1v) is 10.9. The van der Waals surface area contributed by atoms with Crippen molar-refractivity contribution in [2.24, 2.45) is 0 Å². The van der Waals surface area contributed by atoms with Crippen LogP contribution in [0.3, 0.4) is 0 Å². The van der Waals surface area contributed by atoms with Gasteiger partial charge in [-0.25, -0.2) is 9.37 Å². The van der Waals surface area contributed by atoms with E-state index in [0.717, 1.165) is 5.56 Å². The molecule has 0 fully saturated rings. The van der Waals surface area contributed by atoms with E-state index in [0.29, 0.717) is 34.2 Å². The summed E-state index contributed by atoms with van der Waals surface area (Å²) in [6.07, 6.45) is 1.74. The fourth-order valence-corrected chi connectivity index (χ4v) is 3.29. The monoisotopic (exact) mass is 474 g/mol. The number of ether oxygens (including phenoxy) is 2. The lowest BCUT2D eigenvalue weighted by molar-refractivity contribution is -0.145. The van der Waals surface area contributed by atoms with E-state index in [2.05, 4.69) is 10.3 Å². The normalized spacial score (nSPS) is 10.6. The van der Waals surface area contributed by atoms with Crippen LogP contribution in [-0.2, 0) is 22.6 Å². The predicted octanol–water partition coefficient (Wildman–Crippen LogP) is 5.42. The molecule has 4 aromatic rings. The molecule has 1 heterocycles. The topological polar surface area (TPSA) is 90.7 Å². The number of nitrogens with one attached hydrogen (secondary N) is 1. The third-order valence-corrected chi connectivity index (χ3v) is 5.20. The van der Waals surface area contributed by atoms with Gasteiger partial charge in [0, 0.05) is 17.7 Å². The van der Waals surface area contributed by atoms with Gasteiger partial charge < -0.3 is 19.2 Å². The molecule has 0 aliphatic heterocycles. The highest BCUT2D eigenvalue weighted by Gasteiger charge is 2.13. The molecule has 0 saturated heterocycles. The van der Waals surface area contributed by atoms with Gasteiger partial charge in [-0.05, 0) is 54.1 Å². The number of carbonyl (C=O) groups is 2. The molecule has 1 aromatic heterocycles. The zero-order valence-electron chi connectivity index (χ0n) is 19.0. The van der Waals surface area contributed by atoms with Gasteiger partial charge in [0.05, 0.1) is 25.3 Å². The number of carbonyl (C=O) groups excluding carboxylic acids is 2. The van der Waals surface area contributed by atoms with Crippen molar-refractivity contribution in [3.63, 3.8) is 0 Å². The van der Waals surface area contributed by atoms with Gasteiger partial charge in [0.2, 0.25) is 0 Å². The number of hydrogen-bond donors (Lipinski definition) is 1. The minimum atomic E-state index is -0.419. The maximum atomic E-state index is 13.9. The largest absolute Gasteiger partial charge is 0.497 e. The summed E-state index contributed by atoms with van der Waals surface area (Å²) >= 11 is 0. The summed E-state index contributed by atoms with van der Waals surface area (Å²) in [4.78, 5) is 28.6. The van der Waals surface area contributed by atoms with Gasteiger partial charge in [0.1, 0.15) is 18.2 Å². The highest BCUT2D eigenvalue weighted by atomic mass is 19.1.